The standard InChI is InChI=1S/C11H10N2O4/c14-9(5-6-10(15)16)13-11-12-7-3-1-2-4-8(7)17-11/h1-4H,5-6H2,(H,15,16)(H,12,13,14). The average Bonchev–Trinajstić information content (AvgIpc) is 2.68. The van der Waals surface area contributed by atoms with Crippen molar-refractivity contribution in [2.75, 3.05) is 5.32 Å². The van der Waals surface area contributed by atoms with Crippen LogP contribution in [0.3, 0.4) is 0 Å². The van der Waals surface area contributed by atoms with Gasteiger partial charge in [0.2, 0.25) is 5.91 Å². The normalized spacial score (nSPS) is 10.4. The summed E-state index contributed by atoms with van der Waals surface area (Å²) in [5, 5.41) is 10.8. The third-order valence-corrected chi connectivity index (χ3v) is 2.11. The number of carboxylic acid groups (broad SMARTS) is 1. The van der Waals surface area contributed by atoms with Crippen molar-refractivity contribution in [2.45, 2.75) is 12.8 Å². The van der Waals surface area contributed by atoms with E-state index in [0.29, 0.717) is 11.1 Å². The number of fused-ring (bicyclic) bond motifs is 1. The molecule has 6 heteroatoms. The smallest absolute Gasteiger partial charge is 0.303 e. The largest absolute Gasteiger partial charge is 0.481 e. The van der Waals surface area contributed by atoms with Crippen molar-refractivity contribution in [1.29, 1.82) is 0 Å². The Morgan fingerprint density at radius 2 is 2.06 bits per heavy atom. The number of carboxylic acids is 1. The molecule has 88 valence electrons. The fourth-order valence-corrected chi connectivity index (χ4v) is 1.33. The number of oxazole rings is 1. The molecular formula is C11H10N2O4. The van der Waals surface area contributed by atoms with Gasteiger partial charge in [-0.05, 0) is 12.1 Å². The Bertz CT molecular complexity index is 528. The molecule has 0 unspecified atom stereocenters. The fourth-order valence-electron chi connectivity index (χ4n) is 1.33. The van der Waals surface area contributed by atoms with Crippen LogP contribution in [0, 0.1) is 0 Å². The number of anilines is 1. The SMILES string of the molecule is O=C(O)CCC(=O)Nc1nc2ccccc2o1. The minimum absolute atomic E-state index is 0.0848. The zero-order chi connectivity index (χ0) is 12.3. The van der Waals surface area contributed by atoms with Gasteiger partial charge >= 0.3 is 12.0 Å². The van der Waals surface area contributed by atoms with Gasteiger partial charge in [0.15, 0.2) is 5.58 Å². The first kappa shape index (κ1) is 11.1. The molecule has 2 aromatic rings. The molecule has 2 rings (SSSR count). The molecule has 1 aromatic carbocycles. The summed E-state index contributed by atoms with van der Waals surface area (Å²) < 4.78 is 5.26. The fraction of sp³-hybridized carbons (Fsp3) is 0.182. The van der Waals surface area contributed by atoms with Crippen LogP contribution in [0.5, 0.6) is 0 Å². The van der Waals surface area contributed by atoms with Crippen LogP contribution in [-0.2, 0) is 9.59 Å². The van der Waals surface area contributed by atoms with Gasteiger partial charge in [0.1, 0.15) is 5.52 Å². The zero-order valence-corrected chi connectivity index (χ0v) is 8.84. The number of carbonyl (C=O) groups is 2. The maximum atomic E-state index is 11.3. The van der Waals surface area contributed by atoms with E-state index in [9.17, 15) is 9.59 Å². The van der Waals surface area contributed by atoms with Crippen molar-refractivity contribution >= 4 is 29.0 Å². The summed E-state index contributed by atoms with van der Waals surface area (Å²) in [6.07, 6.45) is -0.319. The molecule has 0 fully saturated rings. The molecule has 17 heavy (non-hydrogen) atoms. The van der Waals surface area contributed by atoms with Crippen molar-refractivity contribution in [2.24, 2.45) is 0 Å². The second-order valence-corrected chi connectivity index (χ2v) is 3.43. The van der Waals surface area contributed by atoms with Crippen LogP contribution in [0.4, 0.5) is 6.01 Å². The number of nitrogens with zero attached hydrogens (tertiary/aromatic N) is 1. The van der Waals surface area contributed by atoms with Crippen molar-refractivity contribution < 1.29 is 19.1 Å². The third kappa shape index (κ3) is 2.81. The second-order valence-electron chi connectivity index (χ2n) is 3.43. The quantitative estimate of drug-likeness (QED) is 0.838. The van der Waals surface area contributed by atoms with Gasteiger partial charge in [-0.25, -0.2) is 0 Å². The van der Waals surface area contributed by atoms with Crippen molar-refractivity contribution in [1.82, 2.24) is 4.98 Å². The summed E-state index contributed by atoms with van der Waals surface area (Å²) in [6, 6.07) is 7.17. The molecule has 1 amide bonds. The lowest BCUT2D eigenvalue weighted by molar-refractivity contribution is -0.138. The van der Waals surface area contributed by atoms with Crippen LogP contribution < -0.4 is 5.32 Å². The van der Waals surface area contributed by atoms with E-state index in [1.807, 2.05) is 0 Å². The maximum absolute atomic E-state index is 11.3. The van der Waals surface area contributed by atoms with Crippen LogP contribution in [0.1, 0.15) is 12.8 Å². The summed E-state index contributed by atoms with van der Waals surface area (Å²) in [5.74, 6) is -1.45. The van der Waals surface area contributed by atoms with E-state index >= 15 is 0 Å². The molecule has 2 N–H and O–H groups in total. The monoisotopic (exact) mass is 234 g/mol. The predicted octanol–water partition coefficient (Wildman–Crippen LogP) is 1.63. The Morgan fingerprint density at radius 1 is 1.29 bits per heavy atom. The molecule has 1 aromatic heterocycles. The number of nitrogens with one attached hydrogen (secondary N) is 1. The highest BCUT2D eigenvalue weighted by molar-refractivity contribution is 5.91. The van der Waals surface area contributed by atoms with Gasteiger partial charge in [-0.3, -0.25) is 14.9 Å². The number of hydrogen-bond acceptors (Lipinski definition) is 4. The molecule has 6 nitrogen and oxygen atoms in total. The summed E-state index contributed by atoms with van der Waals surface area (Å²) in [4.78, 5) is 25.6. The molecule has 0 radical (unpaired) electrons. The van der Waals surface area contributed by atoms with Gasteiger partial charge in [0.05, 0.1) is 6.42 Å². The van der Waals surface area contributed by atoms with E-state index in [0.717, 1.165) is 0 Å². The lowest BCUT2D eigenvalue weighted by Crippen LogP contribution is -2.13. The zero-order valence-electron chi connectivity index (χ0n) is 8.84. The number of aliphatic carboxylic acids is 1. The van der Waals surface area contributed by atoms with Crippen LogP contribution in [0.25, 0.3) is 11.1 Å². The molecule has 0 saturated heterocycles. The van der Waals surface area contributed by atoms with Gasteiger partial charge in [-0.15, -0.1) is 0 Å². The van der Waals surface area contributed by atoms with E-state index < -0.39 is 11.9 Å². The van der Waals surface area contributed by atoms with Crippen molar-refractivity contribution in [3.8, 4) is 0 Å². The first-order valence-corrected chi connectivity index (χ1v) is 5.02. The van der Waals surface area contributed by atoms with Crippen LogP contribution in [0.2, 0.25) is 0 Å². The third-order valence-electron chi connectivity index (χ3n) is 2.11. The van der Waals surface area contributed by atoms with Crippen LogP contribution in [0.15, 0.2) is 28.7 Å². The van der Waals surface area contributed by atoms with Gasteiger partial charge in [0.25, 0.3) is 0 Å². The van der Waals surface area contributed by atoms with E-state index in [1.54, 1.807) is 24.3 Å². The molecule has 0 aliphatic heterocycles. The number of para-hydroxylation sites is 2. The molecule has 0 aliphatic rings. The minimum atomic E-state index is -1.02. The highest BCUT2D eigenvalue weighted by Gasteiger charge is 2.10. The highest BCUT2D eigenvalue weighted by Crippen LogP contribution is 2.18. The Balaban J connectivity index is 2.03. The highest BCUT2D eigenvalue weighted by atomic mass is 16.4. The van der Waals surface area contributed by atoms with Gasteiger partial charge < -0.3 is 9.52 Å². The van der Waals surface area contributed by atoms with E-state index in [1.165, 1.54) is 0 Å². The number of rotatable bonds is 4. The Labute approximate surface area is 96.3 Å². The predicted molar refractivity (Wildman–Crippen MR) is 59.5 cm³/mol. The van der Waals surface area contributed by atoms with Crippen LogP contribution >= 0.6 is 0 Å². The molecule has 0 bridgehead atoms. The van der Waals surface area contributed by atoms with E-state index in [4.69, 9.17) is 9.52 Å². The average molecular weight is 234 g/mol. The van der Waals surface area contributed by atoms with E-state index in [2.05, 4.69) is 10.3 Å². The first-order valence-electron chi connectivity index (χ1n) is 5.02. The van der Waals surface area contributed by atoms with Crippen LogP contribution in [-0.4, -0.2) is 22.0 Å². The molecule has 0 atom stereocenters. The van der Waals surface area contributed by atoms with Gasteiger partial charge in [0, 0.05) is 6.42 Å². The van der Waals surface area contributed by atoms with Gasteiger partial charge in [-0.2, -0.15) is 4.98 Å². The molecule has 0 aliphatic carbocycles. The number of carbonyl (C=O) groups excluding carboxylic acids is 1. The Kier molecular flexibility index (Phi) is 3.04. The summed E-state index contributed by atoms with van der Waals surface area (Å²) in [5.41, 5.74) is 1.21. The summed E-state index contributed by atoms with van der Waals surface area (Å²) in [6.45, 7) is 0. The Morgan fingerprint density at radius 3 is 2.76 bits per heavy atom. The summed E-state index contributed by atoms with van der Waals surface area (Å²) in [7, 11) is 0. The first-order chi connectivity index (χ1) is 8.15. The molecule has 0 saturated carbocycles. The van der Waals surface area contributed by atoms with E-state index in [-0.39, 0.29) is 18.9 Å². The molecule has 1 heterocycles. The molecular weight excluding hydrogens is 224 g/mol. The number of benzene rings is 1. The minimum Gasteiger partial charge on any atom is -0.481 e. The van der Waals surface area contributed by atoms with Crippen molar-refractivity contribution in [3.63, 3.8) is 0 Å². The maximum Gasteiger partial charge on any atom is 0.303 e. The molecule has 0 spiro atoms. The summed E-state index contributed by atoms with van der Waals surface area (Å²) >= 11 is 0. The van der Waals surface area contributed by atoms with Crippen molar-refractivity contribution in [3.05, 3.63) is 24.3 Å². The second kappa shape index (κ2) is 4.65. The Hall–Kier alpha value is -2.37. The number of amides is 1. The lowest BCUT2D eigenvalue weighted by Gasteiger charge is -1.97. The number of hydrogen-bond donors (Lipinski definition) is 2. The lowest BCUT2D eigenvalue weighted by atomic mass is 10.3. The topological polar surface area (TPSA) is 92.4 Å². The van der Waals surface area contributed by atoms with Gasteiger partial charge in [-0.1, -0.05) is 12.1 Å². The number of aromatic nitrogens is 1.